The summed E-state index contributed by atoms with van der Waals surface area (Å²) in [5.41, 5.74) is 4.84. The molecule has 2 saturated heterocycles. The topological polar surface area (TPSA) is 73.9 Å². The second-order valence-corrected chi connectivity index (χ2v) is 9.88. The van der Waals surface area contributed by atoms with Gasteiger partial charge in [0.15, 0.2) is 5.78 Å². The van der Waals surface area contributed by atoms with E-state index in [4.69, 9.17) is 4.74 Å². The van der Waals surface area contributed by atoms with Crippen molar-refractivity contribution in [2.75, 3.05) is 39.5 Å². The molecule has 4 rings (SSSR count). The van der Waals surface area contributed by atoms with Crippen molar-refractivity contribution in [3.63, 3.8) is 0 Å². The van der Waals surface area contributed by atoms with E-state index in [0.717, 1.165) is 48.0 Å². The van der Waals surface area contributed by atoms with Crippen LogP contribution < -0.4 is 10.7 Å². The predicted octanol–water partition coefficient (Wildman–Crippen LogP) is 3.82. The SMILES string of the molecule is O=C(NN1CNC(c2ccccc2)C1)OCCCN1CCC(C(=O)c2ccc(I)cc2)CC1. The molecule has 0 aliphatic carbocycles. The van der Waals surface area contributed by atoms with Gasteiger partial charge in [0.1, 0.15) is 0 Å². The lowest BCUT2D eigenvalue weighted by Crippen LogP contribution is -2.42. The molecule has 2 aromatic carbocycles. The molecule has 0 aromatic heterocycles. The summed E-state index contributed by atoms with van der Waals surface area (Å²) in [7, 11) is 0. The van der Waals surface area contributed by atoms with Crippen molar-refractivity contribution in [2.24, 2.45) is 5.92 Å². The number of hydrazine groups is 1. The number of hydrogen-bond acceptors (Lipinski definition) is 6. The fraction of sp³-hybridized carbons (Fsp3) is 0.440. The molecule has 1 amide bonds. The van der Waals surface area contributed by atoms with Crippen LogP contribution in [0.1, 0.15) is 41.2 Å². The number of likely N-dealkylation sites (tertiary alicyclic amines) is 1. The molecule has 2 aromatic rings. The minimum Gasteiger partial charge on any atom is -0.449 e. The number of amides is 1. The standard InChI is InChI=1S/C25H31IN4O3/c26-22-9-7-20(8-10-22)24(31)21-11-14-29(15-12-21)13-4-16-33-25(32)28-30-17-23(27-18-30)19-5-2-1-3-6-19/h1-3,5-10,21,23,27H,4,11-18H2,(H,28,32). The molecule has 2 heterocycles. The molecule has 2 aliphatic heterocycles. The zero-order valence-corrected chi connectivity index (χ0v) is 20.9. The van der Waals surface area contributed by atoms with Gasteiger partial charge in [0, 0.05) is 34.2 Å². The first-order valence-corrected chi connectivity index (χ1v) is 12.6. The number of piperidine rings is 1. The van der Waals surface area contributed by atoms with Gasteiger partial charge in [0.05, 0.1) is 13.3 Å². The van der Waals surface area contributed by atoms with E-state index >= 15 is 0 Å². The quantitative estimate of drug-likeness (QED) is 0.290. The van der Waals surface area contributed by atoms with Gasteiger partial charge < -0.3 is 9.64 Å². The van der Waals surface area contributed by atoms with Crippen molar-refractivity contribution in [1.82, 2.24) is 20.7 Å². The molecule has 7 nitrogen and oxygen atoms in total. The maximum absolute atomic E-state index is 12.7. The van der Waals surface area contributed by atoms with E-state index in [9.17, 15) is 9.59 Å². The molecule has 2 fully saturated rings. The number of rotatable bonds is 8. The van der Waals surface area contributed by atoms with Gasteiger partial charge in [-0.05, 0) is 72.6 Å². The fourth-order valence-electron chi connectivity index (χ4n) is 4.45. The first kappa shape index (κ1) is 24.1. The zero-order chi connectivity index (χ0) is 23.0. The molecular weight excluding hydrogens is 531 g/mol. The Bertz CT molecular complexity index is 917. The van der Waals surface area contributed by atoms with Gasteiger partial charge in [-0.2, -0.15) is 0 Å². The Morgan fingerprint density at radius 3 is 2.52 bits per heavy atom. The van der Waals surface area contributed by atoms with Crippen molar-refractivity contribution in [3.05, 3.63) is 69.3 Å². The number of carbonyl (C=O) groups is 2. The van der Waals surface area contributed by atoms with Gasteiger partial charge in [-0.1, -0.05) is 42.5 Å². The van der Waals surface area contributed by atoms with E-state index in [1.165, 1.54) is 5.56 Å². The number of carbonyl (C=O) groups excluding carboxylic acids is 2. The van der Waals surface area contributed by atoms with Gasteiger partial charge in [-0.15, -0.1) is 0 Å². The van der Waals surface area contributed by atoms with Crippen molar-refractivity contribution < 1.29 is 14.3 Å². The summed E-state index contributed by atoms with van der Waals surface area (Å²) in [4.78, 5) is 27.2. The average Bonchev–Trinajstić information content (AvgIpc) is 3.31. The Morgan fingerprint density at radius 2 is 1.79 bits per heavy atom. The third kappa shape index (κ3) is 6.99. The highest BCUT2D eigenvalue weighted by molar-refractivity contribution is 14.1. The number of halogens is 1. The second kappa shape index (κ2) is 11.9. The smallest absolute Gasteiger partial charge is 0.421 e. The average molecular weight is 562 g/mol. The first-order chi connectivity index (χ1) is 16.1. The van der Waals surface area contributed by atoms with Gasteiger partial charge in [0.25, 0.3) is 0 Å². The second-order valence-electron chi connectivity index (χ2n) is 8.64. The lowest BCUT2D eigenvalue weighted by atomic mass is 9.89. The molecular formula is C25H31IN4O3. The normalized spacial score (nSPS) is 20.0. The van der Waals surface area contributed by atoms with E-state index in [-0.39, 0.29) is 17.7 Å². The highest BCUT2D eigenvalue weighted by Crippen LogP contribution is 2.22. The number of nitrogens with one attached hydrogen (secondary N) is 2. The zero-order valence-electron chi connectivity index (χ0n) is 18.7. The van der Waals surface area contributed by atoms with E-state index in [2.05, 4.69) is 50.4 Å². The molecule has 0 bridgehead atoms. The monoisotopic (exact) mass is 562 g/mol. The first-order valence-electron chi connectivity index (χ1n) is 11.6. The van der Waals surface area contributed by atoms with Crippen LogP contribution in [0.25, 0.3) is 0 Å². The lowest BCUT2D eigenvalue weighted by Gasteiger charge is -2.31. The Kier molecular flexibility index (Phi) is 8.71. The molecule has 0 saturated carbocycles. The summed E-state index contributed by atoms with van der Waals surface area (Å²) in [5.74, 6) is 0.370. The van der Waals surface area contributed by atoms with Crippen molar-refractivity contribution in [1.29, 1.82) is 0 Å². The van der Waals surface area contributed by atoms with Gasteiger partial charge in [0.2, 0.25) is 0 Å². The van der Waals surface area contributed by atoms with Gasteiger partial charge >= 0.3 is 6.09 Å². The molecule has 0 radical (unpaired) electrons. The van der Waals surface area contributed by atoms with Crippen LogP contribution in [0.2, 0.25) is 0 Å². The fourth-order valence-corrected chi connectivity index (χ4v) is 4.81. The van der Waals surface area contributed by atoms with Crippen LogP contribution in [0, 0.1) is 9.49 Å². The van der Waals surface area contributed by atoms with E-state index in [1.54, 1.807) is 0 Å². The number of ether oxygens (including phenoxy) is 1. The maximum atomic E-state index is 12.7. The molecule has 2 N–H and O–H groups in total. The number of nitrogens with zero attached hydrogens (tertiary/aromatic N) is 2. The summed E-state index contributed by atoms with van der Waals surface area (Å²) in [6.07, 6.45) is 2.15. The number of Topliss-reactive ketones (excluding diaryl/α,β-unsaturated/α-hetero) is 1. The van der Waals surface area contributed by atoms with Crippen LogP contribution in [0.4, 0.5) is 4.79 Å². The van der Waals surface area contributed by atoms with Crippen molar-refractivity contribution in [2.45, 2.75) is 25.3 Å². The molecule has 33 heavy (non-hydrogen) atoms. The summed E-state index contributed by atoms with van der Waals surface area (Å²) in [6.45, 7) is 4.37. The molecule has 1 unspecified atom stereocenters. The van der Waals surface area contributed by atoms with Crippen LogP contribution in [-0.4, -0.2) is 61.2 Å². The third-order valence-electron chi connectivity index (χ3n) is 6.32. The van der Waals surface area contributed by atoms with Crippen LogP contribution in [0.15, 0.2) is 54.6 Å². The summed E-state index contributed by atoms with van der Waals surface area (Å²) >= 11 is 2.25. The lowest BCUT2D eigenvalue weighted by molar-refractivity contribution is 0.0819. The number of benzene rings is 2. The Balaban J connectivity index is 1.08. The highest BCUT2D eigenvalue weighted by atomic mass is 127. The molecule has 8 heteroatoms. The van der Waals surface area contributed by atoms with Crippen LogP contribution in [-0.2, 0) is 4.74 Å². The van der Waals surface area contributed by atoms with E-state index in [0.29, 0.717) is 19.8 Å². The predicted molar refractivity (Wildman–Crippen MR) is 136 cm³/mol. The summed E-state index contributed by atoms with van der Waals surface area (Å²) in [5, 5.41) is 5.23. The van der Waals surface area contributed by atoms with Gasteiger partial charge in [-0.25, -0.2) is 9.80 Å². The van der Waals surface area contributed by atoms with Crippen LogP contribution in [0.5, 0.6) is 0 Å². The van der Waals surface area contributed by atoms with Crippen LogP contribution >= 0.6 is 22.6 Å². The molecule has 0 spiro atoms. The highest BCUT2D eigenvalue weighted by Gasteiger charge is 2.26. The number of hydrogen-bond donors (Lipinski definition) is 2. The number of ketones is 1. The van der Waals surface area contributed by atoms with E-state index < -0.39 is 6.09 Å². The van der Waals surface area contributed by atoms with E-state index in [1.807, 2.05) is 47.5 Å². The van der Waals surface area contributed by atoms with Crippen molar-refractivity contribution in [3.8, 4) is 0 Å². The minimum atomic E-state index is -0.410. The Labute approximate surface area is 209 Å². The van der Waals surface area contributed by atoms with Crippen molar-refractivity contribution >= 4 is 34.5 Å². The third-order valence-corrected chi connectivity index (χ3v) is 7.04. The largest absolute Gasteiger partial charge is 0.449 e. The maximum Gasteiger partial charge on any atom is 0.421 e. The van der Waals surface area contributed by atoms with Gasteiger partial charge in [-0.3, -0.25) is 15.5 Å². The molecule has 2 aliphatic rings. The summed E-state index contributed by atoms with van der Waals surface area (Å²) < 4.78 is 6.50. The molecule has 176 valence electrons. The van der Waals surface area contributed by atoms with Crippen LogP contribution in [0.3, 0.4) is 0 Å². The Hall–Kier alpha value is -2.01. The Morgan fingerprint density at radius 1 is 1.06 bits per heavy atom. The molecule has 1 atom stereocenters. The summed E-state index contributed by atoms with van der Waals surface area (Å²) in [6, 6.07) is 18.2. The minimum absolute atomic E-state index is 0.108.